The predicted octanol–water partition coefficient (Wildman–Crippen LogP) is 3.07. The van der Waals surface area contributed by atoms with Crippen molar-refractivity contribution in [2.24, 2.45) is 0 Å². The number of anilines is 1. The molecule has 1 atom stereocenters. The number of benzene rings is 1. The van der Waals surface area contributed by atoms with Gasteiger partial charge in [-0.2, -0.15) is 0 Å². The zero-order valence-corrected chi connectivity index (χ0v) is 11.4. The smallest absolute Gasteiger partial charge is 0.0388 e. The lowest BCUT2D eigenvalue weighted by molar-refractivity contribution is 0.261. The van der Waals surface area contributed by atoms with Gasteiger partial charge in [-0.15, -0.1) is 0 Å². The fourth-order valence-corrected chi connectivity index (χ4v) is 3.42. The Morgan fingerprint density at radius 2 is 2.06 bits per heavy atom. The molecule has 1 unspecified atom stereocenters. The summed E-state index contributed by atoms with van der Waals surface area (Å²) in [5.41, 5.74) is 4.58. The lowest BCUT2D eigenvalue weighted by Gasteiger charge is -2.32. The SMILES string of the molecule is CN1CCCC(Nc2cccc3c2CCCC3)C1. The average molecular weight is 244 g/mol. The number of aryl methyl sites for hydroxylation is 1. The zero-order valence-electron chi connectivity index (χ0n) is 11.4. The maximum absolute atomic E-state index is 3.80. The minimum atomic E-state index is 0.636. The first-order valence-corrected chi connectivity index (χ1v) is 7.39. The van der Waals surface area contributed by atoms with Gasteiger partial charge in [-0.05, 0) is 69.3 Å². The summed E-state index contributed by atoms with van der Waals surface area (Å²) in [5, 5.41) is 3.80. The van der Waals surface area contributed by atoms with Crippen molar-refractivity contribution in [1.29, 1.82) is 0 Å². The first-order chi connectivity index (χ1) is 8.83. The summed E-state index contributed by atoms with van der Waals surface area (Å²) in [6.45, 7) is 2.44. The van der Waals surface area contributed by atoms with E-state index in [4.69, 9.17) is 0 Å². The van der Waals surface area contributed by atoms with Crippen molar-refractivity contribution in [3.8, 4) is 0 Å². The normalized spacial score (nSPS) is 24.6. The van der Waals surface area contributed by atoms with Gasteiger partial charge in [-0.25, -0.2) is 0 Å². The highest BCUT2D eigenvalue weighted by atomic mass is 15.1. The number of nitrogens with zero attached hydrogens (tertiary/aromatic N) is 1. The summed E-state index contributed by atoms with van der Waals surface area (Å²) in [6.07, 6.45) is 7.90. The van der Waals surface area contributed by atoms with Gasteiger partial charge in [0.15, 0.2) is 0 Å². The van der Waals surface area contributed by atoms with Crippen molar-refractivity contribution in [3.63, 3.8) is 0 Å². The fraction of sp³-hybridized carbons (Fsp3) is 0.625. The predicted molar refractivity (Wildman–Crippen MR) is 77.2 cm³/mol. The van der Waals surface area contributed by atoms with E-state index >= 15 is 0 Å². The van der Waals surface area contributed by atoms with Crippen molar-refractivity contribution in [3.05, 3.63) is 29.3 Å². The van der Waals surface area contributed by atoms with Gasteiger partial charge in [0.05, 0.1) is 0 Å². The molecule has 0 saturated carbocycles. The number of nitrogens with one attached hydrogen (secondary N) is 1. The largest absolute Gasteiger partial charge is 0.381 e. The van der Waals surface area contributed by atoms with Gasteiger partial charge in [0.1, 0.15) is 0 Å². The highest BCUT2D eigenvalue weighted by molar-refractivity contribution is 5.56. The highest BCUT2D eigenvalue weighted by Crippen LogP contribution is 2.29. The fourth-order valence-electron chi connectivity index (χ4n) is 3.42. The van der Waals surface area contributed by atoms with E-state index in [-0.39, 0.29) is 0 Å². The Labute approximate surface area is 110 Å². The summed E-state index contributed by atoms with van der Waals surface area (Å²) >= 11 is 0. The number of hydrogen-bond donors (Lipinski definition) is 1. The Balaban J connectivity index is 1.76. The quantitative estimate of drug-likeness (QED) is 0.860. The molecule has 1 aromatic carbocycles. The maximum Gasteiger partial charge on any atom is 0.0388 e. The van der Waals surface area contributed by atoms with E-state index < -0.39 is 0 Å². The highest BCUT2D eigenvalue weighted by Gasteiger charge is 2.19. The topological polar surface area (TPSA) is 15.3 Å². The van der Waals surface area contributed by atoms with Crippen LogP contribution in [0.2, 0.25) is 0 Å². The van der Waals surface area contributed by atoms with Crippen molar-refractivity contribution < 1.29 is 0 Å². The van der Waals surface area contributed by atoms with E-state index in [1.54, 1.807) is 11.1 Å². The van der Waals surface area contributed by atoms with E-state index in [1.807, 2.05) is 0 Å². The van der Waals surface area contributed by atoms with Crippen LogP contribution >= 0.6 is 0 Å². The Bertz CT molecular complexity index is 414. The molecular weight excluding hydrogens is 220 g/mol. The summed E-state index contributed by atoms with van der Waals surface area (Å²) in [7, 11) is 2.23. The molecule has 0 radical (unpaired) electrons. The molecule has 1 saturated heterocycles. The molecule has 2 heteroatoms. The Morgan fingerprint density at radius 3 is 2.94 bits per heavy atom. The molecule has 0 amide bonds. The number of rotatable bonds is 2. The van der Waals surface area contributed by atoms with Gasteiger partial charge in [0.2, 0.25) is 0 Å². The number of fused-ring (bicyclic) bond motifs is 1. The Kier molecular flexibility index (Phi) is 3.55. The van der Waals surface area contributed by atoms with Crippen LogP contribution in [0.3, 0.4) is 0 Å². The standard InChI is InChI=1S/C16H24N2/c1-18-11-5-8-14(12-18)17-16-10-4-7-13-6-2-3-9-15(13)16/h4,7,10,14,17H,2-3,5-6,8-9,11-12H2,1H3. The van der Waals surface area contributed by atoms with Crippen LogP contribution in [-0.4, -0.2) is 31.1 Å². The van der Waals surface area contributed by atoms with Crippen LogP contribution in [0.15, 0.2) is 18.2 Å². The minimum Gasteiger partial charge on any atom is -0.381 e. The third-order valence-corrected chi connectivity index (χ3v) is 4.38. The van der Waals surface area contributed by atoms with E-state index in [2.05, 4.69) is 35.5 Å². The average Bonchev–Trinajstić information content (AvgIpc) is 2.39. The summed E-state index contributed by atoms with van der Waals surface area (Å²) in [6, 6.07) is 7.45. The molecule has 1 heterocycles. The third-order valence-electron chi connectivity index (χ3n) is 4.38. The van der Waals surface area contributed by atoms with Gasteiger partial charge >= 0.3 is 0 Å². The van der Waals surface area contributed by atoms with Crippen LogP contribution in [-0.2, 0) is 12.8 Å². The third kappa shape index (κ3) is 2.54. The Hall–Kier alpha value is -1.02. The maximum atomic E-state index is 3.80. The van der Waals surface area contributed by atoms with E-state index in [0.29, 0.717) is 6.04 Å². The molecule has 0 bridgehead atoms. The van der Waals surface area contributed by atoms with E-state index in [0.717, 1.165) is 0 Å². The van der Waals surface area contributed by atoms with Crippen LogP contribution in [0.4, 0.5) is 5.69 Å². The molecule has 1 N–H and O–H groups in total. The summed E-state index contributed by atoms with van der Waals surface area (Å²) in [5.74, 6) is 0. The minimum absolute atomic E-state index is 0.636. The number of likely N-dealkylation sites (tertiary alicyclic amines) is 1. The van der Waals surface area contributed by atoms with Crippen LogP contribution in [0.1, 0.15) is 36.8 Å². The Morgan fingerprint density at radius 1 is 1.17 bits per heavy atom. The number of likely N-dealkylation sites (N-methyl/N-ethyl adjacent to an activating group) is 1. The van der Waals surface area contributed by atoms with Gasteiger partial charge in [0.25, 0.3) is 0 Å². The van der Waals surface area contributed by atoms with Gasteiger partial charge in [-0.3, -0.25) is 0 Å². The first-order valence-electron chi connectivity index (χ1n) is 7.39. The summed E-state index contributed by atoms with van der Waals surface area (Å²) in [4.78, 5) is 2.44. The van der Waals surface area contributed by atoms with E-state index in [1.165, 1.54) is 57.3 Å². The molecule has 1 aliphatic heterocycles. The van der Waals surface area contributed by atoms with Crippen LogP contribution < -0.4 is 5.32 Å². The van der Waals surface area contributed by atoms with Crippen molar-refractivity contribution >= 4 is 5.69 Å². The molecule has 1 aromatic rings. The molecule has 0 spiro atoms. The molecule has 3 rings (SSSR count). The lowest BCUT2D eigenvalue weighted by atomic mass is 9.90. The van der Waals surface area contributed by atoms with Gasteiger partial charge in [-0.1, -0.05) is 12.1 Å². The zero-order chi connectivity index (χ0) is 12.4. The molecular formula is C16H24N2. The van der Waals surface area contributed by atoms with Crippen LogP contribution in [0.25, 0.3) is 0 Å². The van der Waals surface area contributed by atoms with E-state index in [9.17, 15) is 0 Å². The molecule has 2 aliphatic rings. The van der Waals surface area contributed by atoms with Gasteiger partial charge < -0.3 is 10.2 Å². The van der Waals surface area contributed by atoms with Crippen molar-refractivity contribution in [2.45, 2.75) is 44.6 Å². The van der Waals surface area contributed by atoms with Crippen molar-refractivity contribution in [2.75, 3.05) is 25.5 Å². The van der Waals surface area contributed by atoms with Crippen molar-refractivity contribution in [1.82, 2.24) is 4.90 Å². The molecule has 1 aliphatic carbocycles. The second kappa shape index (κ2) is 5.31. The molecule has 2 nitrogen and oxygen atoms in total. The summed E-state index contributed by atoms with van der Waals surface area (Å²) < 4.78 is 0. The second-order valence-corrected chi connectivity index (χ2v) is 5.90. The lowest BCUT2D eigenvalue weighted by Crippen LogP contribution is -2.40. The molecule has 1 fully saturated rings. The molecule has 18 heavy (non-hydrogen) atoms. The van der Waals surface area contributed by atoms with Crippen LogP contribution in [0.5, 0.6) is 0 Å². The molecule has 0 aromatic heterocycles. The number of hydrogen-bond acceptors (Lipinski definition) is 2. The first kappa shape index (κ1) is 12.0. The monoisotopic (exact) mass is 244 g/mol. The number of piperidine rings is 1. The van der Waals surface area contributed by atoms with Crippen LogP contribution in [0, 0.1) is 0 Å². The van der Waals surface area contributed by atoms with Gasteiger partial charge in [0, 0.05) is 18.3 Å². The second-order valence-electron chi connectivity index (χ2n) is 5.90. The molecule has 98 valence electrons.